The first kappa shape index (κ1) is 19.8. The maximum absolute atomic E-state index is 5.75. The first-order valence-corrected chi connectivity index (χ1v) is 8.19. The normalized spacial score (nSPS) is 19.5. The lowest BCUT2D eigenvalue weighted by molar-refractivity contribution is -0.0345. The van der Waals surface area contributed by atoms with Gasteiger partial charge in [0, 0.05) is 35.6 Å². The van der Waals surface area contributed by atoms with E-state index in [2.05, 4.69) is 17.1 Å². The van der Waals surface area contributed by atoms with Crippen LogP contribution >= 0.6 is 0 Å². The van der Waals surface area contributed by atoms with E-state index < -0.39 is 0 Å². The van der Waals surface area contributed by atoms with Crippen molar-refractivity contribution in [2.45, 2.75) is 39.7 Å². The molecule has 0 aromatic rings. The van der Waals surface area contributed by atoms with Gasteiger partial charge < -0.3 is 20.5 Å². The molecule has 20 heavy (non-hydrogen) atoms. The molecular weight excluding hydrogens is 254 g/mol. The number of nitrogens with one attached hydrogen (secondary N) is 1. The van der Waals surface area contributed by atoms with Crippen molar-refractivity contribution in [3.05, 3.63) is 0 Å². The molecule has 0 spiro atoms. The Hall–Kier alpha value is -0.200. The molecule has 1 rings (SSSR count). The van der Waals surface area contributed by atoms with Crippen LogP contribution in [0.25, 0.3) is 0 Å². The molecule has 0 aliphatic carbocycles. The van der Waals surface area contributed by atoms with Crippen molar-refractivity contribution in [3.8, 4) is 0 Å². The van der Waals surface area contributed by atoms with Gasteiger partial charge >= 0.3 is 0 Å². The second-order valence-electron chi connectivity index (χ2n) is 4.75. The summed E-state index contributed by atoms with van der Waals surface area (Å²) in [7, 11) is 0. The molecule has 5 nitrogen and oxygen atoms in total. The van der Waals surface area contributed by atoms with E-state index in [0.717, 1.165) is 45.9 Å². The van der Waals surface area contributed by atoms with Gasteiger partial charge in [0.1, 0.15) is 0 Å². The number of rotatable bonds is 10. The van der Waals surface area contributed by atoms with Crippen LogP contribution in [0.5, 0.6) is 0 Å². The minimum atomic E-state index is 0. The standard InChI is InChI=1S/C13H29N3O2.C2H6.2H2/c1-2-3-5-15-11-13-12-16(7-10-18-13)6-9-17-8-4-14;1-2;;/h13,15H,2-12,14H2,1H3;1-2H3;2*1H. The summed E-state index contributed by atoms with van der Waals surface area (Å²) in [6, 6.07) is 0. The lowest BCUT2D eigenvalue weighted by Crippen LogP contribution is -2.47. The van der Waals surface area contributed by atoms with Crippen molar-refractivity contribution in [2.75, 3.05) is 59.1 Å². The van der Waals surface area contributed by atoms with E-state index in [-0.39, 0.29) is 2.85 Å². The van der Waals surface area contributed by atoms with E-state index in [1.54, 1.807) is 0 Å². The Balaban J connectivity index is -0.000000864. The largest absolute Gasteiger partial charge is 0.379 e. The third-order valence-electron chi connectivity index (χ3n) is 3.12. The molecule has 3 N–H and O–H groups in total. The molecular formula is C15H39N3O2. The number of morpholine rings is 1. The molecule has 0 amide bonds. The van der Waals surface area contributed by atoms with Crippen molar-refractivity contribution in [2.24, 2.45) is 5.73 Å². The Kier molecular flexibility index (Phi) is 15.0. The molecule has 5 heteroatoms. The summed E-state index contributed by atoms with van der Waals surface area (Å²) in [6.07, 6.45) is 2.80. The first-order chi connectivity index (χ1) is 9.86. The van der Waals surface area contributed by atoms with Crippen LogP contribution in [0.2, 0.25) is 0 Å². The maximum atomic E-state index is 5.75. The third-order valence-corrected chi connectivity index (χ3v) is 3.12. The average Bonchev–Trinajstić information content (AvgIpc) is 2.51. The van der Waals surface area contributed by atoms with E-state index in [4.69, 9.17) is 15.2 Å². The van der Waals surface area contributed by atoms with E-state index in [1.807, 2.05) is 13.8 Å². The topological polar surface area (TPSA) is 59.8 Å². The summed E-state index contributed by atoms with van der Waals surface area (Å²) >= 11 is 0. The van der Waals surface area contributed by atoms with E-state index >= 15 is 0 Å². The minimum Gasteiger partial charge on any atom is -0.379 e. The summed E-state index contributed by atoms with van der Waals surface area (Å²) in [6.45, 7) is 14.1. The fourth-order valence-electron chi connectivity index (χ4n) is 2.05. The minimum absolute atomic E-state index is 0. The zero-order valence-corrected chi connectivity index (χ0v) is 13.7. The summed E-state index contributed by atoms with van der Waals surface area (Å²) in [4.78, 5) is 2.41. The fourth-order valence-corrected chi connectivity index (χ4v) is 2.05. The van der Waals surface area contributed by atoms with Gasteiger partial charge in [0.25, 0.3) is 0 Å². The van der Waals surface area contributed by atoms with Crippen molar-refractivity contribution >= 4 is 0 Å². The molecule has 1 aliphatic heterocycles. The second-order valence-corrected chi connectivity index (χ2v) is 4.75. The van der Waals surface area contributed by atoms with Crippen molar-refractivity contribution < 1.29 is 12.3 Å². The highest BCUT2D eigenvalue weighted by molar-refractivity contribution is 4.73. The fraction of sp³-hybridized carbons (Fsp3) is 1.00. The Morgan fingerprint density at radius 1 is 1.40 bits per heavy atom. The SMILES string of the molecule is CC.CCCCNCC1CN(CCOCCN)CCO1.[HH].[HH]. The van der Waals surface area contributed by atoms with Crippen LogP contribution in [-0.4, -0.2) is 70.1 Å². The molecule has 1 fully saturated rings. The molecule has 0 aromatic heterocycles. The first-order valence-electron chi connectivity index (χ1n) is 8.19. The van der Waals surface area contributed by atoms with Gasteiger partial charge in [-0.25, -0.2) is 0 Å². The zero-order valence-electron chi connectivity index (χ0n) is 13.7. The monoisotopic (exact) mass is 293 g/mol. The van der Waals surface area contributed by atoms with Crippen LogP contribution in [0, 0.1) is 0 Å². The van der Waals surface area contributed by atoms with Crippen molar-refractivity contribution in [3.63, 3.8) is 0 Å². The number of hydrogen-bond donors (Lipinski definition) is 2. The number of ether oxygens (including phenoxy) is 2. The molecule has 1 unspecified atom stereocenters. The Bertz CT molecular complexity index is 186. The maximum Gasteiger partial charge on any atom is 0.0826 e. The molecule has 1 saturated heterocycles. The van der Waals surface area contributed by atoms with Gasteiger partial charge in [0.2, 0.25) is 0 Å². The quantitative estimate of drug-likeness (QED) is 0.599. The molecule has 0 aromatic carbocycles. The highest BCUT2D eigenvalue weighted by Gasteiger charge is 2.19. The van der Waals surface area contributed by atoms with Gasteiger partial charge in [0.05, 0.1) is 25.9 Å². The van der Waals surface area contributed by atoms with Crippen LogP contribution in [-0.2, 0) is 9.47 Å². The van der Waals surface area contributed by atoms with Crippen LogP contribution in [0.15, 0.2) is 0 Å². The van der Waals surface area contributed by atoms with Gasteiger partial charge in [-0.15, -0.1) is 0 Å². The van der Waals surface area contributed by atoms with Crippen LogP contribution < -0.4 is 11.1 Å². The van der Waals surface area contributed by atoms with Crippen LogP contribution in [0.1, 0.15) is 36.5 Å². The molecule has 0 saturated carbocycles. The summed E-state index contributed by atoms with van der Waals surface area (Å²) in [5, 5.41) is 3.45. The predicted octanol–water partition coefficient (Wildman–Crippen LogP) is 1.57. The van der Waals surface area contributed by atoms with Gasteiger partial charge in [-0.05, 0) is 13.0 Å². The Morgan fingerprint density at radius 3 is 2.90 bits per heavy atom. The van der Waals surface area contributed by atoms with Gasteiger partial charge in [-0.1, -0.05) is 27.2 Å². The lowest BCUT2D eigenvalue weighted by Gasteiger charge is -2.33. The van der Waals surface area contributed by atoms with Crippen molar-refractivity contribution in [1.29, 1.82) is 0 Å². The highest BCUT2D eigenvalue weighted by Crippen LogP contribution is 2.04. The molecule has 126 valence electrons. The number of nitrogens with two attached hydrogens (primary N) is 1. The third kappa shape index (κ3) is 10.6. The molecule has 0 radical (unpaired) electrons. The molecule has 1 atom stereocenters. The van der Waals surface area contributed by atoms with Gasteiger partial charge in [-0.2, -0.15) is 0 Å². The average molecular weight is 293 g/mol. The predicted molar refractivity (Wildman–Crippen MR) is 89.4 cm³/mol. The van der Waals surface area contributed by atoms with Crippen molar-refractivity contribution in [1.82, 2.24) is 10.2 Å². The Labute approximate surface area is 128 Å². The van der Waals surface area contributed by atoms with Gasteiger partial charge in [0.15, 0.2) is 0 Å². The lowest BCUT2D eigenvalue weighted by atomic mass is 10.2. The molecule has 1 aliphatic rings. The summed E-state index contributed by atoms with van der Waals surface area (Å²) < 4.78 is 11.2. The number of nitrogens with zero attached hydrogens (tertiary/aromatic N) is 1. The van der Waals surface area contributed by atoms with E-state index in [0.29, 0.717) is 19.3 Å². The van der Waals surface area contributed by atoms with Crippen LogP contribution in [0.3, 0.4) is 0 Å². The second kappa shape index (κ2) is 15.2. The van der Waals surface area contributed by atoms with E-state index in [9.17, 15) is 0 Å². The molecule has 0 bridgehead atoms. The number of unbranched alkanes of at least 4 members (excludes halogenated alkanes) is 1. The van der Waals surface area contributed by atoms with E-state index in [1.165, 1.54) is 12.8 Å². The highest BCUT2D eigenvalue weighted by atomic mass is 16.5. The zero-order chi connectivity index (χ0) is 15.1. The van der Waals surface area contributed by atoms with Crippen LogP contribution in [0.4, 0.5) is 0 Å². The van der Waals surface area contributed by atoms with Gasteiger partial charge in [-0.3, -0.25) is 4.90 Å². The summed E-state index contributed by atoms with van der Waals surface area (Å²) in [5.74, 6) is 0. The smallest absolute Gasteiger partial charge is 0.0826 e. The molecule has 1 heterocycles. The summed E-state index contributed by atoms with van der Waals surface area (Å²) in [5.41, 5.74) is 5.38. The Morgan fingerprint density at radius 2 is 2.20 bits per heavy atom. The number of hydrogen-bond acceptors (Lipinski definition) is 5.